The molecule has 4 aliphatic rings. The summed E-state index contributed by atoms with van der Waals surface area (Å²) >= 11 is 1.57. The second-order valence-electron chi connectivity index (χ2n) is 27.7. The zero-order valence-electron chi connectivity index (χ0n) is 59.0. The lowest BCUT2D eigenvalue weighted by molar-refractivity contribution is -0.141. The van der Waals surface area contributed by atoms with Gasteiger partial charge in [0.2, 0.25) is 35.8 Å². The highest BCUT2D eigenvalue weighted by Crippen LogP contribution is 2.40. The molecule has 29 heteroatoms. The zero-order chi connectivity index (χ0) is 72.6. The number of nitrogens with zero attached hydrogens (tertiary/aromatic N) is 9. The van der Waals surface area contributed by atoms with Gasteiger partial charge in [0.25, 0.3) is 5.88 Å². The van der Waals surface area contributed by atoms with Gasteiger partial charge in [0.15, 0.2) is 11.6 Å². The number of primary amides is 1. The molecule has 548 valence electrons. The quantitative estimate of drug-likeness (QED) is 0.0166. The molecule has 102 heavy (non-hydrogen) atoms. The summed E-state index contributed by atoms with van der Waals surface area (Å²) in [6, 6.07) is 22.5. The van der Waals surface area contributed by atoms with Gasteiger partial charge in [-0.3, -0.25) is 38.7 Å². The average molecular weight is 1420 g/mol. The van der Waals surface area contributed by atoms with Gasteiger partial charge < -0.3 is 72.1 Å². The summed E-state index contributed by atoms with van der Waals surface area (Å²) in [5.41, 5.74) is 17.6. The molecule has 3 aromatic heterocycles. The van der Waals surface area contributed by atoms with Crippen LogP contribution in [0.15, 0.2) is 101 Å². The van der Waals surface area contributed by atoms with E-state index in [-0.39, 0.29) is 104 Å². The molecule has 1 unspecified atom stereocenters. The van der Waals surface area contributed by atoms with Crippen LogP contribution in [0.1, 0.15) is 133 Å². The van der Waals surface area contributed by atoms with E-state index in [0.717, 1.165) is 73.6 Å². The number of anilines is 2. The van der Waals surface area contributed by atoms with Crippen molar-refractivity contribution in [3.05, 3.63) is 119 Å². The molecule has 11 N–H and O–H groups in total. The average Bonchev–Trinajstić information content (AvgIpc) is 0.953. The monoisotopic (exact) mass is 1420 g/mol. The van der Waals surface area contributed by atoms with Crippen LogP contribution in [0.5, 0.6) is 11.6 Å². The Morgan fingerprint density at radius 3 is 2.25 bits per heavy atom. The van der Waals surface area contributed by atoms with Crippen molar-refractivity contribution >= 4 is 64.5 Å². The number of amides is 8. The Morgan fingerprint density at radius 2 is 1.54 bits per heavy atom. The Morgan fingerprint density at radius 1 is 0.784 bits per heavy atom. The van der Waals surface area contributed by atoms with Gasteiger partial charge in [-0.2, -0.15) is 0 Å². The Kier molecular flexibility index (Phi) is 26.3. The minimum absolute atomic E-state index is 0.00973. The molecular formula is C73H98N16O12S. The summed E-state index contributed by atoms with van der Waals surface area (Å²) in [7, 11) is 0. The minimum Gasteiger partial charge on any atom is -0.507 e. The van der Waals surface area contributed by atoms with Crippen molar-refractivity contribution in [2.45, 2.75) is 148 Å². The maximum atomic E-state index is 15.0. The largest absolute Gasteiger partial charge is 0.507 e. The second-order valence-corrected chi connectivity index (χ2v) is 28.5. The number of fused-ring (bicyclic) bond motifs is 3. The van der Waals surface area contributed by atoms with Crippen molar-refractivity contribution < 1.29 is 57.8 Å². The number of aromatic hydroxyl groups is 1. The number of piperazine rings is 1. The Hall–Kier alpha value is -9.29. The number of aliphatic hydroxyl groups is 1. The normalized spacial score (nSPS) is 18.7. The van der Waals surface area contributed by atoms with Crippen LogP contribution in [0.3, 0.4) is 0 Å². The van der Waals surface area contributed by atoms with Crippen LogP contribution in [0, 0.1) is 24.7 Å². The molecule has 3 saturated heterocycles. The maximum absolute atomic E-state index is 15.0. The number of β-amino-alcohol motifs (C(OH)–C–C–N with tert-alkyl or cyclic N) is 1. The van der Waals surface area contributed by atoms with E-state index >= 15 is 4.79 Å². The van der Waals surface area contributed by atoms with Gasteiger partial charge in [-0.1, -0.05) is 101 Å². The smallest absolute Gasteiger partial charge is 0.417 e. The van der Waals surface area contributed by atoms with Gasteiger partial charge >= 0.3 is 12.1 Å². The van der Waals surface area contributed by atoms with Gasteiger partial charge in [0, 0.05) is 75.8 Å². The first-order valence-corrected chi connectivity index (χ1v) is 36.4. The van der Waals surface area contributed by atoms with Gasteiger partial charge in [-0.05, 0) is 124 Å². The van der Waals surface area contributed by atoms with Gasteiger partial charge in [0.05, 0.1) is 52.2 Å². The maximum Gasteiger partial charge on any atom is 0.417 e. The third-order valence-corrected chi connectivity index (χ3v) is 20.5. The summed E-state index contributed by atoms with van der Waals surface area (Å²) in [6.45, 7) is 17.4. The van der Waals surface area contributed by atoms with Gasteiger partial charge in [-0.25, -0.2) is 14.6 Å². The van der Waals surface area contributed by atoms with Crippen molar-refractivity contribution in [1.82, 2.24) is 61.6 Å². The summed E-state index contributed by atoms with van der Waals surface area (Å²) in [4.78, 5) is 112. The zero-order valence-corrected chi connectivity index (χ0v) is 59.8. The number of benzene rings is 3. The molecule has 0 radical (unpaired) electrons. The topological polar surface area (TPSA) is 371 Å². The molecule has 0 saturated carbocycles. The number of phenols is 1. The van der Waals surface area contributed by atoms with Crippen LogP contribution in [-0.2, 0) is 28.7 Å². The molecular weight excluding hydrogens is 1320 g/mol. The molecule has 6 aromatic rings. The van der Waals surface area contributed by atoms with E-state index < -0.39 is 60.3 Å². The lowest BCUT2D eigenvalue weighted by Crippen LogP contribution is -2.61. The first kappa shape index (κ1) is 75.4. The number of aliphatic hydroxyl groups excluding tert-OH is 1. The number of nitrogens with two attached hydrogens (primary N) is 2. The van der Waals surface area contributed by atoms with Crippen LogP contribution < -0.4 is 52.6 Å². The number of aromatic nitrogens is 4. The summed E-state index contributed by atoms with van der Waals surface area (Å²) in [5.74, 6) is -2.47. The number of carbonyl (C=O) groups is 7. The van der Waals surface area contributed by atoms with Crippen LogP contribution in [0.2, 0.25) is 0 Å². The van der Waals surface area contributed by atoms with E-state index in [4.69, 9.17) is 25.5 Å². The molecule has 0 spiro atoms. The van der Waals surface area contributed by atoms with E-state index in [2.05, 4.69) is 61.6 Å². The number of nitrogens with one attached hydrogen (secondary N) is 5. The van der Waals surface area contributed by atoms with Crippen molar-refractivity contribution in [2.24, 2.45) is 29.2 Å². The summed E-state index contributed by atoms with van der Waals surface area (Å²) in [5, 5.41) is 49.3. The molecule has 0 bridgehead atoms. The van der Waals surface area contributed by atoms with E-state index in [1.807, 2.05) is 63.5 Å². The number of hydrogen-bond acceptors (Lipinski definition) is 21. The molecule has 3 fully saturated rings. The third kappa shape index (κ3) is 19.5. The van der Waals surface area contributed by atoms with Crippen molar-refractivity contribution in [3.8, 4) is 33.3 Å². The summed E-state index contributed by atoms with van der Waals surface area (Å²) < 4.78 is 18.3. The fourth-order valence-corrected chi connectivity index (χ4v) is 14.7. The highest BCUT2D eigenvalue weighted by atomic mass is 32.1. The standard InChI is InChI=1S/C73H98N16O12S/c1-44(2)63(71(96)88-42-53(90)36-58(88)68(94)78-46(5)49-22-24-50(25-23-49)65-47(6)77-43-102-65)60-38-62(84-101-60)99-35-34-85-30-26-48(27-31-85)39-86-32-33-87-52(40-86)41-89(66-57(87)37-56(82-83-66)54-18-12-13-20-59(54)91)73(98)100-70(51-16-9-7-10-17-51)81-67(93)55(19-15-29-76-72(75)97)79-69(95)64(45(3)4)80-61(92)21-11-8-14-28-74/h7,9-10,12-13,16-18,20,22-25,37-38,43-46,48,52-53,55,58,63-64,70,90-91H,8,11,14-15,19,21,26-36,39-42,74H2,1-6H3,(H,78,94)(H,79,95)(H,80,92)(H,81,93)(H3,75,76,97)/t46-,52+,53+,55-,58-,63+,64-,70?/m0/s1. The predicted molar refractivity (Wildman–Crippen MR) is 385 cm³/mol. The first-order valence-electron chi connectivity index (χ1n) is 35.6. The number of hydrogen-bond donors (Lipinski definition) is 9. The number of aryl methyl sites for hydroxylation is 1. The predicted octanol–water partition coefficient (Wildman–Crippen LogP) is 6.49. The fraction of sp³-hybridized carbons (Fsp3) is 0.521. The molecule has 8 amide bonds. The van der Waals surface area contributed by atoms with Gasteiger partial charge in [0.1, 0.15) is 36.4 Å². The van der Waals surface area contributed by atoms with Crippen molar-refractivity contribution in [3.63, 3.8) is 0 Å². The molecule has 3 aromatic carbocycles. The summed E-state index contributed by atoms with van der Waals surface area (Å²) in [6.07, 6.45) is 1.48. The highest BCUT2D eigenvalue weighted by Gasteiger charge is 2.45. The molecule has 0 aliphatic carbocycles. The molecule has 4 aliphatic heterocycles. The minimum atomic E-state index is -1.38. The first-order chi connectivity index (χ1) is 49.1. The van der Waals surface area contributed by atoms with E-state index in [1.165, 1.54) is 9.80 Å². The Labute approximate surface area is 599 Å². The Balaban J connectivity index is 0.751. The lowest BCUT2D eigenvalue weighted by atomic mass is 9.91. The Bertz CT molecular complexity index is 3810. The number of rotatable bonds is 31. The van der Waals surface area contributed by atoms with Gasteiger partial charge in [-0.15, -0.1) is 21.5 Å². The SMILES string of the molecule is Cc1ncsc1-c1ccc([C@H](C)NC(=O)[C@@H]2C[C@@H](O)CN2C(=O)[C@@H](c2cc(OCCN3CCC(CN4CCN5c6cc(-c7ccccc7O)nnc6N(C(=O)OC(NC(=O)[C@H](CCCNC(N)=O)NC(=O)[C@@H](NC(=O)CCCCCN)C(C)C)c6ccccc6)C[C@H]5C4)CC3)no2)C(C)C)cc1. The number of ether oxygens (including phenoxy) is 2. The number of para-hydroxylation sites is 1. The number of thiazole rings is 1. The number of unbranched alkanes of at least 4 members (excludes halogenated alkanes) is 2. The van der Waals surface area contributed by atoms with Crippen LogP contribution in [0.25, 0.3) is 21.7 Å². The number of phenolic OH excluding ortho intramolecular Hbond substituents is 1. The van der Waals surface area contributed by atoms with Crippen LogP contribution >= 0.6 is 11.3 Å². The van der Waals surface area contributed by atoms with Crippen LogP contribution in [0.4, 0.5) is 21.1 Å². The molecule has 10 rings (SSSR count). The van der Waals surface area contributed by atoms with E-state index in [0.29, 0.717) is 73.4 Å². The van der Waals surface area contributed by atoms with Crippen molar-refractivity contribution in [2.75, 3.05) is 88.4 Å². The third-order valence-electron chi connectivity index (χ3n) is 19.5. The van der Waals surface area contributed by atoms with Crippen molar-refractivity contribution in [1.29, 1.82) is 0 Å². The second kappa shape index (κ2) is 35.5. The number of carbonyl (C=O) groups excluding carboxylic acids is 7. The highest BCUT2D eigenvalue weighted by molar-refractivity contribution is 7.13. The van der Waals surface area contributed by atoms with Crippen LogP contribution in [-0.4, -0.2) is 196 Å². The van der Waals surface area contributed by atoms with E-state index in [1.54, 1.807) is 85.8 Å². The lowest BCUT2D eigenvalue weighted by Gasteiger charge is -2.48. The fourth-order valence-electron chi connectivity index (χ4n) is 13.9. The number of piperidine rings is 1. The molecule has 8 atom stereocenters. The molecule has 28 nitrogen and oxygen atoms in total. The number of likely N-dealkylation sites (tertiary alicyclic amines) is 2. The number of urea groups is 1. The molecule has 7 heterocycles. The van der Waals surface area contributed by atoms with E-state index in [9.17, 15) is 39.0 Å².